The van der Waals surface area contributed by atoms with Gasteiger partial charge in [0.15, 0.2) is 0 Å². The van der Waals surface area contributed by atoms with E-state index in [0.29, 0.717) is 24.9 Å². The summed E-state index contributed by atoms with van der Waals surface area (Å²) in [6.45, 7) is 6.65. The second-order valence-corrected chi connectivity index (χ2v) is 3.93. The van der Waals surface area contributed by atoms with Crippen LogP contribution in [0.15, 0.2) is 0 Å². The summed E-state index contributed by atoms with van der Waals surface area (Å²) in [6, 6.07) is 0. The highest BCUT2D eigenvalue weighted by molar-refractivity contribution is 5.69. The smallest absolute Gasteiger partial charge is 0.306 e. The van der Waals surface area contributed by atoms with Gasteiger partial charge in [0.05, 0.1) is 6.61 Å². The monoisotopic (exact) mass is 199 g/mol. The maximum Gasteiger partial charge on any atom is 0.306 e. The number of nitrogens with one attached hydrogen (secondary N) is 1. The third-order valence-electron chi connectivity index (χ3n) is 3.02. The van der Waals surface area contributed by atoms with Crippen molar-refractivity contribution >= 4 is 5.97 Å². The van der Waals surface area contributed by atoms with Crippen molar-refractivity contribution in [1.82, 2.24) is 5.32 Å². The number of esters is 1. The van der Waals surface area contributed by atoms with Gasteiger partial charge in [-0.1, -0.05) is 13.3 Å². The number of carbonyl (C=O) groups is 1. The molecule has 14 heavy (non-hydrogen) atoms. The number of hydrogen-bond acceptors (Lipinski definition) is 3. The fourth-order valence-electron chi connectivity index (χ4n) is 2.16. The summed E-state index contributed by atoms with van der Waals surface area (Å²) in [5, 5.41) is 3.37. The van der Waals surface area contributed by atoms with Crippen molar-refractivity contribution in [2.24, 2.45) is 11.8 Å². The van der Waals surface area contributed by atoms with Gasteiger partial charge in [0, 0.05) is 6.42 Å². The van der Waals surface area contributed by atoms with Gasteiger partial charge < -0.3 is 10.1 Å². The highest BCUT2D eigenvalue weighted by atomic mass is 16.5. The standard InChI is InChI=1S/C11H21NO2/c1-3-9-8-12-6-5-10(9)7-11(13)14-4-2/h9-10,12H,3-8H2,1-2H3. The van der Waals surface area contributed by atoms with Crippen molar-refractivity contribution < 1.29 is 9.53 Å². The predicted molar refractivity (Wildman–Crippen MR) is 56.0 cm³/mol. The Hall–Kier alpha value is -0.570. The van der Waals surface area contributed by atoms with Crippen LogP contribution in [0.25, 0.3) is 0 Å². The molecule has 1 saturated heterocycles. The lowest BCUT2D eigenvalue weighted by Gasteiger charge is -2.30. The maximum absolute atomic E-state index is 11.3. The first-order valence-corrected chi connectivity index (χ1v) is 5.64. The Morgan fingerprint density at radius 1 is 1.43 bits per heavy atom. The molecule has 0 aliphatic carbocycles. The highest BCUT2D eigenvalue weighted by Gasteiger charge is 2.25. The molecule has 1 heterocycles. The van der Waals surface area contributed by atoms with Gasteiger partial charge in [0.2, 0.25) is 0 Å². The molecule has 0 radical (unpaired) electrons. The Kier molecular flexibility index (Phi) is 4.94. The fourth-order valence-corrected chi connectivity index (χ4v) is 2.16. The van der Waals surface area contributed by atoms with E-state index in [1.807, 2.05) is 6.92 Å². The van der Waals surface area contributed by atoms with Gasteiger partial charge in [0.25, 0.3) is 0 Å². The van der Waals surface area contributed by atoms with Gasteiger partial charge in [-0.15, -0.1) is 0 Å². The molecule has 1 rings (SSSR count). The van der Waals surface area contributed by atoms with E-state index in [1.165, 1.54) is 0 Å². The van der Waals surface area contributed by atoms with E-state index in [2.05, 4.69) is 12.2 Å². The molecule has 0 aromatic heterocycles. The Morgan fingerprint density at radius 3 is 2.86 bits per heavy atom. The minimum Gasteiger partial charge on any atom is -0.466 e. The summed E-state index contributed by atoms with van der Waals surface area (Å²) in [5.74, 6) is 1.14. The van der Waals surface area contributed by atoms with Crippen molar-refractivity contribution in [3.8, 4) is 0 Å². The lowest BCUT2D eigenvalue weighted by molar-refractivity contribution is -0.144. The van der Waals surface area contributed by atoms with Crippen molar-refractivity contribution in [1.29, 1.82) is 0 Å². The molecule has 0 bridgehead atoms. The number of piperidine rings is 1. The molecule has 0 aromatic carbocycles. The van der Waals surface area contributed by atoms with Gasteiger partial charge in [0.1, 0.15) is 0 Å². The Bertz CT molecular complexity index is 182. The fraction of sp³-hybridized carbons (Fsp3) is 0.909. The van der Waals surface area contributed by atoms with Gasteiger partial charge in [-0.25, -0.2) is 0 Å². The van der Waals surface area contributed by atoms with Crippen LogP contribution in [0.5, 0.6) is 0 Å². The molecule has 0 aromatic rings. The van der Waals surface area contributed by atoms with Crippen molar-refractivity contribution in [3.05, 3.63) is 0 Å². The molecule has 0 spiro atoms. The predicted octanol–water partition coefficient (Wildman–Crippen LogP) is 1.58. The average molecular weight is 199 g/mol. The summed E-state index contributed by atoms with van der Waals surface area (Å²) < 4.78 is 4.98. The molecule has 1 aliphatic heterocycles. The van der Waals surface area contributed by atoms with E-state index in [0.717, 1.165) is 25.9 Å². The molecule has 0 saturated carbocycles. The van der Waals surface area contributed by atoms with Crippen LogP contribution in [-0.2, 0) is 9.53 Å². The molecule has 2 atom stereocenters. The van der Waals surface area contributed by atoms with Crippen molar-refractivity contribution in [2.45, 2.75) is 33.1 Å². The lowest BCUT2D eigenvalue weighted by atomic mass is 9.82. The lowest BCUT2D eigenvalue weighted by Crippen LogP contribution is -2.37. The van der Waals surface area contributed by atoms with Crippen LogP contribution in [0.4, 0.5) is 0 Å². The molecule has 82 valence electrons. The van der Waals surface area contributed by atoms with Gasteiger partial charge in [-0.2, -0.15) is 0 Å². The van der Waals surface area contributed by atoms with E-state index in [4.69, 9.17) is 4.74 Å². The topological polar surface area (TPSA) is 38.3 Å². The van der Waals surface area contributed by atoms with Crippen molar-refractivity contribution in [2.75, 3.05) is 19.7 Å². The third-order valence-corrected chi connectivity index (χ3v) is 3.02. The normalized spacial score (nSPS) is 27.3. The van der Waals surface area contributed by atoms with Crippen LogP contribution in [0.3, 0.4) is 0 Å². The van der Waals surface area contributed by atoms with Crippen LogP contribution in [0.2, 0.25) is 0 Å². The molecule has 3 heteroatoms. The Balaban J connectivity index is 2.36. The molecule has 0 amide bonds. The number of hydrogen-bond donors (Lipinski definition) is 1. The molecule has 1 N–H and O–H groups in total. The van der Waals surface area contributed by atoms with Crippen LogP contribution >= 0.6 is 0 Å². The molecule has 3 nitrogen and oxygen atoms in total. The first kappa shape index (κ1) is 11.5. The van der Waals surface area contributed by atoms with E-state index < -0.39 is 0 Å². The van der Waals surface area contributed by atoms with E-state index in [9.17, 15) is 4.79 Å². The quantitative estimate of drug-likeness (QED) is 0.698. The zero-order valence-electron chi connectivity index (χ0n) is 9.21. The first-order valence-electron chi connectivity index (χ1n) is 5.64. The average Bonchev–Trinajstić information content (AvgIpc) is 2.19. The van der Waals surface area contributed by atoms with Crippen LogP contribution < -0.4 is 5.32 Å². The molecular weight excluding hydrogens is 178 g/mol. The van der Waals surface area contributed by atoms with Crippen LogP contribution in [0.1, 0.15) is 33.1 Å². The molecule has 2 unspecified atom stereocenters. The number of rotatable bonds is 4. The zero-order chi connectivity index (χ0) is 10.4. The highest BCUT2D eigenvalue weighted by Crippen LogP contribution is 2.25. The van der Waals surface area contributed by atoms with Crippen LogP contribution in [-0.4, -0.2) is 25.7 Å². The minimum atomic E-state index is -0.0298. The van der Waals surface area contributed by atoms with Crippen molar-refractivity contribution in [3.63, 3.8) is 0 Å². The Labute approximate surface area is 86.2 Å². The SMILES string of the molecule is CCOC(=O)CC1CCNCC1CC. The second-order valence-electron chi connectivity index (χ2n) is 3.93. The van der Waals surface area contributed by atoms with Crippen LogP contribution in [0, 0.1) is 11.8 Å². The summed E-state index contributed by atoms with van der Waals surface area (Å²) in [4.78, 5) is 11.3. The van der Waals surface area contributed by atoms with E-state index >= 15 is 0 Å². The molecular formula is C11H21NO2. The Morgan fingerprint density at radius 2 is 2.21 bits per heavy atom. The zero-order valence-corrected chi connectivity index (χ0v) is 9.21. The second kappa shape index (κ2) is 6.02. The van der Waals surface area contributed by atoms with Gasteiger partial charge in [-0.05, 0) is 38.3 Å². The summed E-state index contributed by atoms with van der Waals surface area (Å²) in [6.07, 6.45) is 2.86. The largest absolute Gasteiger partial charge is 0.466 e. The third kappa shape index (κ3) is 3.29. The summed E-state index contributed by atoms with van der Waals surface area (Å²) in [7, 11) is 0. The summed E-state index contributed by atoms with van der Waals surface area (Å²) in [5.41, 5.74) is 0. The molecule has 1 fully saturated rings. The maximum atomic E-state index is 11.3. The molecule has 1 aliphatic rings. The van der Waals surface area contributed by atoms with Gasteiger partial charge >= 0.3 is 5.97 Å². The van der Waals surface area contributed by atoms with E-state index in [1.54, 1.807) is 0 Å². The van der Waals surface area contributed by atoms with E-state index in [-0.39, 0.29) is 5.97 Å². The summed E-state index contributed by atoms with van der Waals surface area (Å²) >= 11 is 0. The minimum absolute atomic E-state index is 0.0298. The number of carbonyl (C=O) groups excluding carboxylic acids is 1. The first-order chi connectivity index (χ1) is 6.77. The van der Waals surface area contributed by atoms with Gasteiger partial charge in [-0.3, -0.25) is 4.79 Å². The number of ether oxygens (including phenoxy) is 1.